The van der Waals surface area contributed by atoms with Gasteiger partial charge in [-0.25, -0.2) is 9.07 Å². The molecule has 0 saturated carbocycles. The van der Waals surface area contributed by atoms with Crippen LogP contribution in [0.25, 0.3) is 5.69 Å². The Balaban J connectivity index is 1.83. The van der Waals surface area contributed by atoms with Crippen molar-refractivity contribution < 1.29 is 9.18 Å². The number of rotatable bonds is 2. The fraction of sp³-hybridized carbons (Fsp3) is 0.333. The Morgan fingerprint density at radius 2 is 2.33 bits per heavy atom. The van der Waals surface area contributed by atoms with E-state index in [-0.39, 0.29) is 11.9 Å². The SMILES string of the molecule is CC1CN(C(=O)c2ccc(-n3cccn3)c(F)c2)CCN1. The maximum Gasteiger partial charge on any atom is 0.254 e. The second kappa shape index (κ2) is 5.65. The predicted octanol–water partition coefficient (Wildman–Crippen LogP) is 1.45. The highest BCUT2D eigenvalue weighted by Crippen LogP contribution is 2.16. The number of nitrogens with one attached hydrogen (secondary N) is 1. The minimum atomic E-state index is -0.451. The molecule has 1 aromatic carbocycles. The van der Waals surface area contributed by atoms with Gasteiger partial charge < -0.3 is 10.2 Å². The summed E-state index contributed by atoms with van der Waals surface area (Å²) >= 11 is 0. The van der Waals surface area contributed by atoms with E-state index in [0.29, 0.717) is 24.3 Å². The number of hydrogen-bond acceptors (Lipinski definition) is 3. The molecule has 0 spiro atoms. The van der Waals surface area contributed by atoms with Crippen LogP contribution < -0.4 is 5.32 Å². The van der Waals surface area contributed by atoms with Crippen LogP contribution in [-0.4, -0.2) is 46.3 Å². The van der Waals surface area contributed by atoms with Crippen molar-refractivity contribution in [3.63, 3.8) is 0 Å². The van der Waals surface area contributed by atoms with Crippen LogP contribution in [0.1, 0.15) is 17.3 Å². The molecule has 1 unspecified atom stereocenters. The number of halogens is 1. The van der Waals surface area contributed by atoms with E-state index in [4.69, 9.17) is 0 Å². The Labute approximate surface area is 122 Å². The van der Waals surface area contributed by atoms with Crippen LogP contribution in [0.3, 0.4) is 0 Å². The summed E-state index contributed by atoms with van der Waals surface area (Å²) in [6.07, 6.45) is 3.25. The van der Waals surface area contributed by atoms with Gasteiger partial charge in [-0.3, -0.25) is 4.79 Å². The monoisotopic (exact) mass is 288 g/mol. The average Bonchev–Trinajstić information content (AvgIpc) is 3.00. The van der Waals surface area contributed by atoms with Gasteiger partial charge >= 0.3 is 0 Å². The molecular weight excluding hydrogens is 271 g/mol. The highest BCUT2D eigenvalue weighted by molar-refractivity contribution is 5.94. The first kappa shape index (κ1) is 13.8. The molecule has 21 heavy (non-hydrogen) atoms. The van der Waals surface area contributed by atoms with E-state index in [1.54, 1.807) is 35.5 Å². The van der Waals surface area contributed by atoms with E-state index in [2.05, 4.69) is 10.4 Å². The number of piperazine rings is 1. The first-order valence-electron chi connectivity index (χ1n) is 6.97. The molecule has 1 aliphatic heterocycles. The van der Waals surface area contributed by atoms with Crippen LogP contribution >= 0.6 is 0 Å². The first-order chi connectivity index (χ1) is 10.1. The van der Waals surface area contributed by atoms with E-state index in [1.165, 1.54) is 10.7 Å². The number of benzene rings is 1. The van der Waals surface area contributed by atoms with Crippen LogP contribution in [-0.2, 0) is 0 Å². The number of amides is 1. The molecule has 110 valence electrons. The molecule has 1 atom stereocenters. The quantitative estimate of drug-likeness (QED) is 0.910. The number of aromatic nitrogens is 2. The molecule has 1 saturated heterocycles. The summed E-state index contributed by atoms with van der Waals surface area (Å²) in [5.41, 5.74) is 0.711. The maximum atomic E-state index is 14.2. The lowest BCUT2D eigenvalue weighted by Crippen LogP contribution is -2.51. The normalized spacial score (nSPS) is 18.8. The lowest BCUT2D eigenvalue weighted by atomic mass is 10.1. The topological polar surface area (TPSA) is 50.2 Å². The zero-order chi connectivity index (χ0) is 14.8. The molecule has 2 heterocycles. The van der Waals surface area contributed by atoms with E-state index >= 15 is 0 Å². The smallest absolute Gasteiger partial charge is 0.254 e. The lowest BCUT2D eigenvalue weighted by Gasteiger charge is -2.32. The zero-order valence-electron chi connectivity index (χ0n) is 11.8. The molecule has 5 nitrogen and oxygen atoms in total. The van der Waals surface area contributed by atoms with Crippen molar-refractivity contribution in [2.45, 2.75) is 13.0 Å². The van der Waals surface area contributed by atoms with Gasteiger partial charge in [0.15, 0.2) is 0 Å². The van der Waals surface area contributed by atoms with Crippen molar-refractivity contribution in [2.24, 2.45) is 0 Å². The average molecular weight is 288 g/mol. The molecule has 1 N–H and O–H groups in total. The van der Waals surface area contributed by atoms with E-state index in [9.17, 15) is 9.18 Å². The molecule has 1 fully saturated rings. The molecule has 0 aliphatic carbocycles. The van der Waals surface area contributed by atoms with Crippen molar-refractivity contribution in [1.29, 1.82) is 0 Å². The standard InChI is InChI=1S/C15H17FN4O/c1-11-10-19(8-6-17-11)15(21)12-3-4-14(13(16)9-12)20-7-2-5-18-20/h2-5,7,9,11,17H,6,8,10H2,1H3. The van der Waals surface area contributed by atoms with Gasteiger partial charge in [0.2, 0.25) is 0 Å². The molecule has 0 radical (unpaired) electrons. The summed E-state index contributed by atoms with van der Waals surface area (Å²) in [5.74, 6) is -0.581. The fourth-order valence-corrected chi connectivity index (χ4v) is 2.54. The largest absolute Gasteiger partial charge is 0.336 e. The Bertz CT molecular complexity index is 641. The fourth-order valence-electron chi connectivity index (χ4n) is 2.54. The molecule has 1 amide bonds. The summed E-state index contributed by atoms with van der Waals surface area (Å²) in [5, 5.41) is 7.27. The molecule has 3 rings (SSSR count). The lowest BCUT2D eigenvalue weighted by molar-refractivity contribution is 0.0708. The van der Waals surface area contributed by atoms with Crippen LogP contribution in [0.15, 0.2) is 36.7 Å². The number of nitrogens with zero attached hydrogens (tertiary/aromatic N) is 3. The molecular formula is C15H17FN4O. The van der Waals surface area contributed by atoms with Gasteiger partial charge in [-0.15, -0.1) is 0 Å². The minimum absolute atomic E-state index is 0.130. The van der Waals surface area contributed by atoms with E-state index in [0.717, 1.165) is 6.54 Å². The second-order valence-corrected chi connectivity index (χ2v) is 5.22. The van der Waals surface area contributed by atoms with Crippen LogP contribution in [0.5, 0.6) is 0 Å². The second-order valence-electron chi connectivity index (χ2n) is 5.22. The number of carbonyl (C=O) groups excluding carboxylic acids is 1. The molecule has 1 aromatic heterocycles. The Morgan fingerprint density at radius 1 is 1.48 bits per heavy atom. The molecule has 1 aliphatic rings. The van der Waals surface area contributed by atoms with Gasteiger partial charge in [0.05, 0.1) is 0 Å². The Hall–Kier alpha value is -2.21. The van der Waals surface area contributed by atoms with E-state index in [1.807, 2.05) is 6.92 Å². The van der Waals surface area contributed by atoms with Crippen molar-refractivity contribution in [1.82, 2.24) is 20.0 Å². The van der Waals surface area contributed by atoms with Gasteiger partial charge in [-0.2, -0.15) is 5.10 Å². The van der Waals surface area contributed by atoms with Gasteiger partial charge in [-0.05, 0) is 31.2 Å². The third-order valence-corrected chi connectivity index (χ3v) is 3.60. The van der Waals surface area contributed by atoms with Crippen LogP contribution in [0, 0.1) is 5.82 Å². The van der Waals surface area contributed by atoms with Crippen LogP contribution in [0.4, 0.5) is 4.39 Å². The predicted molar refractivity (Wildman–Crippen MR) is 76.9 cm³/mol. The zero-order valence-corrected chi connectivity index (χ0v) is 11.8. The summed E-state index contributed by atoms with van der Waals surface area (Å²) in [7, 11) is 0. The van der Waals surface area contributed by atoms with Gasteiger partial charge in [0.25, 0.3) is 5.91 Å². The van der Waals surface area contributed by atoms with Crippen molar-refractivity contribution in [3.8, 4) is 5.69 Å². The van der Waals surface area contributed by atoms with Crippen molar-refractivity contribution in [3.05, 3.63) is 48.0 Å². The number of carbonyl (C=O) groups is 1. The Morgan fingerprint density at radius 3 is 3.00 bits per heavy atom. The van der Waals surface area contributed by atoms with E-state index < -0.39 is 5.82 Å². The third kappa shape index (κ3) is 2.80. The first-order valence-corrected chi connectivity index (χ1v) is 6.97. The van der Waals surface area contributed by atoms with Crippen molar-refractivity contribution in [2.75, 3.05) is 19.6 Å². The molecule has 2 aromatic rings. The summed E-state index contributed by atoms with van der Waals surface area (Å²) in [4.78, 5) is 14.2. The maximum absolute atomic E-state index is 14.2. The summed E-state index contributed by atoms with van der Waals surface area (Å²) in [6.45, 7) is 4.08. The summed E-state index contributed by atoms with van der Waals surface area (Å²) in [6, 6.07) is 6.50. The van der Waals surface area contributed by atoms with Gasteiger partial charge in [0, 0.05) is 43.6 Å². The van der Waals surface area contributed by atoms with Gasteiger partial charge in [0.1, 0.15) is 11.5 Å². The van der Waals surface area contributed by atoms with Crippen LogP contribution in [0.2, 0.25) is 0 Å². The number of hydrogen-bond donors (Lipinski definition) is 1. The Kier molecular flexibility index (Phi) is 3.70. The highest BCUT2D eigenvalue weighted by Gasteiger charge is 2.22. The molecule has 6 heteroatoms. The van der Waals surface area contributed by atoms with Gasteiger partial charge in [-0.1, -0.05) is 0 Å². The molecule has 0 bridgehead atoms. The third-order valence-electron chi connectivity index (χ3n) is 3.60. The summed E-state index contributed by atoms with van der Waals surface area (Å²) < 4.78 is 15.6. The minimum Gasteiger partial charge on any atom is -0.336 e. The van der Waals surface area contributed by atoms with Crippen molar-refractivity contribution >= 4 is 5.91 Å². The highest BCUT2D eigenvalue weighted by atomic mass is 19.1.